The van der Waals surface area contributed by atoms with Gasteiger partial charge in [-0.2, -0.15) is 39.5 Å². The Morgan fingerprint density at radius 2 is 0.742 bits per heavy atom. The summed E-state index contributed by atoms with van der Waals surface area (Å²) < 4.78 is 125. The van der Waals surface area contributed by atoms with Crippen LogP contribution in [0.5, 0.6) is 0 Å². The number of alkyl halides is 9. The van der Waals surface area contributed by atoms with Gasteiger partial charge in [0, 0.05) is 50.6 Å². The van der Waals surface area contributed by atoms with Crippen LogP contribution in [0, 0.1) is 6.92 Å². The number of halogens is 9. The fraction of sp³-hybridized carbons (Fsp3) is 0.0741. The van der Waals surface area contributed by atoms with Crippen LogP contribution in [0.2, 0.25) is 0 Å². The number of anilines is 6. The van der Waals surface area contributed by atoms with E-state index >= 15 is 0 Å². The van der Waals surface area contributed by atoms with Gasteiger partial charge in [-0.25, -0.2) is 0 Å². The highest BCUT2D eigenvalue weighted by molar-refractivity contribution is 6.15. The third-order valence-electron chi connectivity index (χ3n) is 11.8. The fourth-order valence-corrected chi connectivity index (χ4v) is 8.60. The van der Waals surface area contributed by atoms with E-state index in [-0.39, 0.29) is 0 Å². The Hall–Kier alpha value is -7.73. The molecule has 0 bridgehead atoms. The normalized spacial score (nSPS) is 12.4. The van der Waals surface area contributed by atoms with E-state index in [2.05, 4.69) is 16.7 Å². The van der Waals surface area contributed by atoms with E-state index < -0.39 is 35.2 Å². The van der Waals surface area contributed by atoms with Crippen molar-refractivity contribution in [1.29, 1.82) is 0 Å². The molecule has 1 aromatic heterocycles. The molecule has 0 saturated heterocycles. The molecule has 0 aliphatic rings. The summed E-state index contributed by atoms with van der Waals surface area (Å²) in [5.74, 6) is 0. The summed E-state index contributed by atoms with van der Waals surface area (Å²) in [6.07, 6.45) is -13.7. The quantitative estimate of drug-likeness (QED) is 0.148. The van der Waals surface area contributed by atoms with Gasteiger partial charge in [-0.15, -0.1) is 0 Å². The maximum atomic E-state index is 13.7. The molecule has 9 aromatic carbocycles. The zero-order chi connectivity index (χ0) is 46.1. The lowest BCUT2D eigenvalue weighted by Crippen LogP contribution is -2.12. The van der Waals surface area contributed by atoms with Gasteiger partial charge in [-0.3, -0.25) is 0 Å². The first kappa shape index (κ1) is 42.2. The Kier molecular flexibility index (Phi) is 10.1. The molecule has 3 nitrogen and oxygen atoms in total. The number of benzene rings is 9. The SMILES string of the molecule is Cc1ccc(N(c2ccc(C(F)(F)F)cc2)c2ccc3cc4c5ccc(N(c6ccc(C(F)(F)F)cc6)c6ccc(C(F)(F)F)cc6)cc5n(-c5ccc6ccccc6c5)c4cc3c2)cc1. The predicted octanol–water partition coefficient (Wildman–Crippen LogP) is 17.4. The lowest BCUT2D eigenvalue weighted by Gasteiger charge is -2.26. The van der Waals surface area contributed by atoms with Crippen LogP contribution in [0.4, 0.5) is 73.6 Å². The van der Waals surface area contributed by atoms with Gasteiger partial charge in [0.1, 0.15) is 0 Å². The summed E-state index contributed by atoms with van der Waals surface area (Å²) in [6, 6.07) is 51.1. The minimum absolute atomic E-state index is 0.292. The zero-order valence-corrected chi connectivity index (χ0v) is 34.6. The van der Waals surface area contributed by atoms with E-state index in [1.165, 1.54) is 36.4 Å². The van der Waals surface area contributed by atoms with Gasteiger partial charge >= 0.3 is 18.5 Å². The minimum Gasteiger partial charge on any atom is -0.310 e. The number of rotatable bonds is 7. The van der Waals surface area contributed by atoms with Crippen molar-refractivity contribution < 1.29 is 39.5 Å². The summed E-state index contributed by atoms with van der Waals surface area (Å²) in [6.45, 7) is 1.95. The van der Waals surface area contributed by atoms with Gasteiger partial charge in [-0.05, 0) is 162 Å². The highest BCUT2D eigenvalue weighted by Crippen LogP contribution is 2.44. The number of fused-ring (bicyclic) bond motifs is 5. The highest BCUT2D eigenvalue weighted by Gasteiger charge is 2.33. The molecule has 0 aliphatic carbocycles. The number of hydrogen-bond acceptors (Lipinski definition) is 2. The molecule has 0 saturated carbocycles. The monoisotopic (exact) mass is 895 g/mol. The van der Waals surface area contributed by atoms with Crippen LogP contribution in [-0.2, 0) is 18.5 Å². The molecular formula is C54H34F9N3. The Morgan fingerprint density at radius 3 is 1.26 bits per heavy atom. The maximum absolute atomic E-state index is 13.7. The number of hydrogen-bond donors (Lipinski definition) is 0. The van der Waals surface area contributed by atoms with Crippen molar-refractivity contribution in [3.8, 4) is 5.69 Å². The molecule has 10 aromatic rings. The minimum atomic E-state index is -4.61. The van der Waals surface area contributed by atoms with Crippen molar-refractivity contribution in [2.24, 2.45) is 0 Å². The Morgan fingerprint density at radius 1 is 0.333 bits per heavy atom. The largest absolute Gasteiger partial charge is 0.416 e. The van der Waals surface area contributed by atoms with E-state index in [0.29, 0.717) is 34.0 Å². The first-order chi connectivity index (χ1) is 31.5. The van der Waals surface area contributed by atoms with Crippen molar-refractivity contribution in [2.45, 2.75) is 25.5 Å². The van der Waals surface area contributed by atoms with Gasteiger partial charge in [0.15, 0.2) is 0 Å². The lowest BCUT2D eigenvalue weighted by atomic mass is 10.0. The van der Waals surface area contributed by atoms with E-state index in [0.717, 1.165) is 91.2 Å². The van der Waals surface area contributed by atoms with Crippen molar-refractivity contribution >= 4 is 77.5 Å². The lowest BCUT2D eigenvalue weighted by molar-refractivity contribution is -0.138. The van der Waals surface area contributed by atoms with Crippen LogP contribution in [0.25, 0.3) is 49.0 Å². The highest BCUT2D eigenvalue weighted by atomic mass is 19.4. The number of aromatic nitrogens is 1. The molecule has 10 rings (SSSR count). The molecule has 0 amide bonds. The van der Waals surface area contributed by atoms with Gasteiger partial charge in [-0.1, -0.05) is 60.2 Å². The standard InChI is InChI=1S/C54H34F9N3/c1-33-6-16-41(17-7-33)64(42-20-10-38(11-21-42)52(55,56)57)45-19-9-36-30-49-48-27-26-47(32-51(48)66(50(49)31-37(36)29-45)46-18-8-34-4-2-3-5-35(34)28-46)65(43-22-12-39(13-23-43)53(58,59)60)44-24-14-40(15-25-44)54(61,62)63/h2-32H,1H3. The van der Waals surface area contributed by atoms with E-state index in [1.807, 2.05) is 109 Å². The van der Waals surface area contributed by atoms with Crippen molar-refractivity contribution in [2.75, 3.05) is 9.80 Å². The molecule has 0 spiro atoms. The van der Waals surface area contributed by atoms with Gasteiger partial charge in [0.2, 0.25) is 0 Å². The van der Waals surface area contributed by atoms with Crippen molar-refractivity contribution in [3.05, 3.63) is 210 Å². The molecule has 328 valence electrons. The van der Waals surface area contributed by atoms with Crippen molar-refractivity contribution in [3.63, 3.8) is 0 Å². The molecular weight excluding hydrogens is 862 g/mol. The van der Waals surface area contributed by atoms with Crippen molar-refractivity contribution in [1.82, 2.24) is 4.57 Å². The molecule has 0 radical (unpaired) electrons. The molecule has 0 N–H and O–H groups in total. The Labute approximate surface area is 371 Å². The second-order valence-corrected chi connectivity index (χ2v) is 16.1. The van der Waals surface area contributed by atoms with Crippen LogP contribution < -0.4 is 9.80 Å². The predicted molar refractivity (Wildman–Crippen MR) is 245 cm³/mol. The van der Waals surface area contributed by atoms with Crippen LogP contribution in [-0.4, -0.2) is 4.57 Å². The Balaban J connectivity index is 1.19. The van der Waals surface area contributed by atoms with Gasteiger partial charge < -0.3 is 14.4 Å². The van der Waals surface area contributed by atoms with Crippen LogP contribution in [0.1, 0.15) is 22.3 Å². The summed E-state index contributed by atoms with van der Waals surface area (Å²) in [5.41, 5.74) is 3.83. The molecule has 66 heavy (non-hydrogen) atoms. The average molecular weight is 896 g/mol. The molecule has 0 fully saturated rings. The molecule has 0 unspecified atom stereocenters. The topological polar surface area (TPSA) is 11.4 Å². The molecule has 12 heteroatoms. The van der Waals surface area contributed by atoms with Crippen LogP contribution in [0.3, 0.4) is 0 Å². The molecule has 1 heterocycles. The summed E-state index contributed by atoms with van der Waals surface area (Å²) in [4.78, 5) is 3.51. The summed E-state index contributed by atoms with van der Waals surface area (Å²) in [5, 5.41) is 5.38. The van der Waals surface area contributed by atoms with E-state index in [9.17, 15) is 39.5 Å². The number of nitrogens with zero attached hydrogens (tertiary/aromatic N) is 3. The second-order valence-electron chi connectivity index (χ2n) is 16.1. The average Bonchev–Trinajstić information content (AvgIpc) is 3.60. The van der Waals surface area contributed by atoms with Crippen LogP contribution in [0.15, 0.2) is 188 Å². The summed E-state index contributed by atoms with van der Waals surface area (Å²) in [7, 11) is 0. The third kappa shape index (κ3) is 7.82. The second kappa shape index (κ2) is 15.8. The maximum Gasteiger partial charge on any atom is 0.416 e. The summed E-state index contributed by atoms with van der Waals surface area (Å²) >= 11 is 0. The zero-order valence-electron chi connectivity index (χ0n) is 34.6. The fourth-order valence-electron chi connectivity index (χ4n) is 8.60. The van der Waals surface area contributed by atoms with E-state index in [4.69, 9.17) is 0 Å². The molecule has 0 aliphatic heterocycles. The first-order valence-corrected chi connectivity index (χ1v) is 20.7. The first-order valence-electron chi connectivity index (χ1n) is 20.7. The Bertz CT molecular complexity index is 3370. The van der Waals surface area contributed by atoms with Crippen LogP contribution >= 0.6 is 0 Å². The van der Waals surface area contributed by atoms with Gasteiger partial charge in [0.25, 0.3) is 0 Å². The smallest absolute Gasteiger partial charge is 0.310 e. The van der Waals surface area contributed by atoms with E-state index in [1.54, 1.807) is 11.0 Å². The van der Waals surface area contributed by atoms with Gasteiger partial charge in [0.05, 0.1) is 27.7 Å². The number of aryl methyl sites for hydroxylation is 1. The third-order valence-corrected chi connectivity index (χ3v) is 11.8. The molecule has 0 atom stereocenters.